The van der Waals surface area contributed by atoms with Gasteiger partial charge in [0.1, 0.15) is 11.9 Å². The minimum atomic E-state index is -0.530. The van der Waals surface area contributed by atoms with Crippen LogP contribution in [-0.4, -0.2) is 29.1 Å². The molecule has 1 aliphatic heterocycles. The number of nitriles is 1. The van der Waals surface area contributed by atoms with Crippen molar-refractivity contribution in [2.24, 2.45) is 5.41 Å². The van der Waals surface area contributed by atoms with Gasteiger partial charge in [-0.05, 0) is 49.8 Å². The molecule has 0 aromatic carbocycles. The van der Waals surface area contributed by atoms with Gasteiger partial charge in [-0.1, -0.05) is 26.7 Å². The van der Waals surface area contributed by atoms with Crippen LogP contribution in [0.4, 0.5) is 0 Å². The molecule has 2 unspecified atom stereocenters. The Morgan fingerprint density at radius 2 is 2.26 bits per heavy atom. The molecule has 1 aromatic rings. The number of furan rings is 1. The van der Waals surface area contributed by atoms with Crippen molar-refractivity contribution in [2.45, 2.75) is 70.9 Å². The maximum absolute atomic E-state index is 10.4. The van der Waals surface area contributed by atoms with Crippen molar-refractivity contribution < 1.29 is 9.52 Å². The fourth-order valence-electron chi connectivity index (χ4n) is 3.59. The van der Waals surface area contributed by atoms with E-state index in [1.807, 2.05) is 12.1 Å². The first kappa shape index (κ1) is 18.0. The van der Waals surface area contributed by atoms with Gasteiger partial charge in [-0.25, -0.2) is 0 Å². The minimum absolute atomic E-state index is 0.133. The van der Waals surface area contributed by atoms with Crippen LogP contribution in [0.25, 0.3) is 0 Å². The summed E-state index contributed by atoms with van der Waals surface area (Å²) in [6.45, 7) is 6.57. The van der Waals surface area contributed by atoms with Gasteiger partial charge in [-0.15, -0.1) is 0 Å². The zero-order chi connectivity index (χ0) is 16.7. The monoisotopic (exact) mass is 318 g/mol. The molecule has 2 rings (SSSR count). The summed E-state index contributed by atoms with van der Waals surface area (Å²) in [7, 11) is 0. The van der Waals surface area contributed by atoms with Crippen molar-refractivity contribution in [3.63, 3.8) is 0 Å². The Balaban J connectivity index is 2.00. The van der Waals surface area contributed by atoms with E-state index in [-0.39, 0.29) is 5.41 Å². The average molecular weight is 318 g/mol. The van der Waals surface area contributed by atoms with Gasteiger partial charge in [-0.3, -0.25) is 4.90 Å². The van der Waals surface area contributed by atoms with Gasteiger partial charge < -0.3 is 9.52 Å². The van der Waals surface area contributed by atoms with Gasteiger partial charge in [-0.2, -0.15) is 5.26 Å². The molecule has 1 aromatic heterocycles. The highest BCUT2D eigenvalue weighted by Gasteiger charge is 2.29. The first-order chi connectivity index (χ1) is 11.0. The quantitative estimate of drug-likeness (QED) is 0.815. The molecule has 0 aliphatic carbocycles. The first-order valence-corrected chi connectivity index (χ1v) is 8.84. The molecule has 23 heavy (non-hydrogen) atoms. The summed E-state index contributed by atoms with van der Waals surface area (Å²) in [5.41, 5.74) is 0.133. The van der Waals surface area contributed by atoms with Crippen molar-refractivity contribution in [3.8, 4) is 6.07 Å². The Bertz CT molecular complexity index is 490. The number of aliphatic hydroxyl groups is 1. The van der Waals surface area contributed by atoms with Gasteiger partial charge in [0.05, 0.1) is 12.3 Å². The molecule has 1 saturated heterocycles. The number of aliphatic hydroxyl groups excluding tert-OH is 1. The summed E-state index contributed by atoms with van der Waals surface area (Å²) < 4.78 is 5.35. The molecule has 1 fully saturated rings. The normalized spacial score (nSPS) is 21.6. The Morgan fingerprint density at radius 3 is 2.96 bits per heavy atom. The molecule has 0 amide bonds. The zero-order valence-electron chi connectivity index (χ0n) is 14.5. The summed E-state index contributed by atoms with van der Waals surface area (Å²) in [5.74, 6) is 0.665. The van der Waals surface area contributed by atoms with Crippen LogP contribution in [0.2, 0.25) is 0 Å². The molecule has 0 saturated carbocycles. The third-order valence-corrected chi connectivity index (χ3v) is 4.91. The Labute approximate surface area is 140 Å². The van der Waals surface area contributed by atoms with E-state index >= 15 is 0 Å². The summed E-state index contributed by atoms with van der Waals surface area (Å²) in [6.07, 6.45) is 8.20. The number of rotatable bonds is 7. The number of nitrogens with zero attached hydrogens (tertiary/aromatic N) is 2. The minimum Gasteiger partial charge on any atom is -0.467 e. The van der Waals surface area contributed by atoms with Crippen LogP contribution in [0.3, 0.4) is 0 Å². The smallest absolute Gasteiger partial charge is 0.132 e. The predicted octanol–water partition coefficient (Wildman–Crippen LogP) is 4.28. The lowest BCUT2D eigenvalue weighted by atomic mass is 9.86. The number of hydrogen-bond donors (Lipinski definition) is 1. The van der Waals surface area contributed by atoms with Crippen LogP contribution in [0.5, 0.6) is 0 Å². The van der Waals surface area contributed by atoms with Gasteiger partial charge >= 0.3 is 0 Å². The van der Waals surface area contributed by atoms with Crippen LogP contribution in [-0.2, 0) is 0 Å². The Morgan fingerprint density at radius 1 is 1.43 bits per heavy atom. The Kier molecular flexibility index (Phi) is 6.68. The van der Waals surface area contributed by atoms with E-state index in [1.165, 1.54) is 19.3 Å². The second-order valence-electron chi connectivity index (χ2n) is 7.56. The van der Waals surface area contributed by atoms with Crippen LogP contribution in [0.1, 0.15) is 70.7 Å². The second-order valence-corrected chi connectivity index (χ2v) is 7.56. The van der Waals surface area contributed by atoms with Crippen molar-refractivity contribution in [2.75, 3.05) is 13.1 Å². The third kappa shape index (κ3) is 5.67. The SMILES string of the molecule is CC(C)(CCC#N)CN1CCCCCC1CC(O)c1ccco1. The topological polar surface area (TPSA) is 60.4 Å². The van der Waals surface area contributed by atoms with Gasteiger partial charge in [0.15, 0.2) is 0 Å². The highest BCUT2D eigenvalue weighted by Crippen LogP contribution is 2.31. The predicted molar refractivity (Wildman–Crippen MR) is 90.7 cm³/mol. The van der Waals surface area contributed by atoms with E-state index in [0.29, 0.717) is 18.2 Å². The van der Waals surface area contributed by atoms with Crippen molar-refractivity contribution in [1.82, 2.24) is 4.90 Å². The summed E-state index contributed by atoms with van der Waals surface area (Å²) in [5, 5.41) is 19.3. The average Bonchev–Trinajstić information content (AvgIpc) is 2.97. The van der Waals surface area contributed by atoms with E-state index < -0.39 is 6.10 Å². The zero-order valence-corrected chi connectivity index (χ0v) is 14.5. The van der Waals surface area contributed by atoms with E-state index in [1.54, 1.807) is 6.26 Å². The summed E-state index contributed by atoms with van der Waals surface area (Å²) in [6, 6.07) is 6.33. The van der Waals surface area contributed by atoms with Gasteiger partial charge in [0, 0.05) is 19.0 Å². The largest absolute Gasteiger partial charge is 0.467 e. The van der Waals surface area contributed by atoms with Gasteiger partial charge in [0.25, 0.3) is 0 Å². The maximum atomic E-state index is 10.4. The molecule has 2 atom stereocenters. The molecule has 1 N–H and O–H groups in total. The summed E-state index contributed by atoms with van der Waals surface area (Å²) in [4.78, 5) is 2.54. The fraction of sp³-hybridized carbons (Fsp3) is 0.737. The van der Waals surface area contributed by atoms with E-state index in [0.717, 1.165) is 32.4 Å². The highest BCUT2D eigenvalue weighted by atomic mass is 16.4. The molecule has 4 heteroatoms. The van der Waals surface area contributed by atoms with E-state index in [4.69, 9.17) is 9.68 Å². The van der Waals surface area contributed by atoms with Crippen LogP contribution in [0.15, 0.2) is 22.8 Å². The number of hydrogen-bond acceptors (Lipinski definition) is 4. The van der Waals surface area contributed by atoms with Crippen molar-refractivity contribution in [1.29, 1.82) is 5.26 Å². The number of likely N-dealkylation sites (tertiary alicyclic amines) is 1. The molecule has 1 aliphatic rings. The van der Waals surface area contributed by atoms with Crippen LogP contribution < -0.4 is 0 Å². The third-order valence-electron chi connectivity index (χ3n) is 4.91. The fourth-order valence-corrected chi connectivity index (χ4v) is 3.59. The first-order valence-electron chi connectivity index (χ1n) is 8.84. The molecule has 0 spiro atoms. The molecular formula is C19H30N2O2. The molecule has 128 valence electrons. The Hall–Kier alpha value is -1.31. The molecule has 4 nitrogen and oxygen atoms in total. The highest BCUT2D eigenvalue weighted by molar-refractivity contribution is 5.02. The van der Waals surface area contributed by atoms with Crippen molar-refractivity contribution in [3.05, 3.63) is 24.2 Å². The van der Waals surface area contributed by atoms with Crippen LogP contribution >= 0.6 is 0 Å². The lowest BCUT2D eigenvalue weighted by Gasteiger charge is -2.37. The van der Waals surface area contributed by atoms with E-state index in [2.05, 4.69) is 24.8 Å². The molecular weight excluding hydrogens is 288 g/mol. The standard InChI is InChI=1S/C19H30N2O2/c1-19(2,10-7-11-20)15-21-12-5-3-4-8-16(21)14-17(22)18-9-6-13-23-18/h6,9,13,16-17,22H,3-5,7-8,10,12,14-15H2,1-2H3. The van der Waals surface area contributed by atoms with Gasteiger partial charge in [0.2, 0.25) is 0 Å². The molecule has 0 radical (unpaired) electrons. The molecule has 0 bridgehead atoms. The lowest BCUT2D eigenvalue weighted by molar-refractivity contribution is 0.0651. The summed E-state index contributed by atoms with van der Waals surface area (Å²) >= 11 is 0. The van der Waals surface area contributed by atoms with Crippen molar-refractivity contribution >= 4 is 0 Å². The second kappa shape index (κ2) is 8.52. The van der Waals surface area contributed by atoms with E-state index in [9.17, 15) is 5.11 Å². The van der Waals surface area contributed by atoms with Crippen LogP contribution in [0, 0.1) is 16.7 Å². The molecule has 2 heterocycles. The lowest BCUT2D eigenvalue weighted by Crippen LogP contribution is -2.42. The maximum Gasteiger partial charge on any atom is 0.132 e.